The average molecular weight is 287 g/mol. The summed E-state index contributed by atoms with van der Waals surface area (Å²) >= 11 is 5.51. The molecule has 1 aromatic heterocycles. The van der Waals surface area contributed by atoms with Crippen molar-refractivity contribution in [2.75, 3.05) is 18.1 Å². The minimum Gasteiger partial charge on any atom is -0.295 e. The Morgan fingerprint density at radius 2 is 2.47 bits per heavy atom. The molecule has 1 aliphatic heterocycles. The van der Waals surface area contributed by atoms with Gasteiger partial charge in [0.15, 0.2) is 0 Å². The van der Waals surface area contributed by atoms with Gasteiger partial charge in [0.2, 0.25) is 0 Å². The van der Waals surface area contributed by atoms with Crippen LogP contribution in [0.4, 0.5) is 0 Å². The lowest BCUT2D eigenvalue weighted by Crippen LogP contribution is -2.39. The Balaban J connectivity index is 2.01. The Kier molecular flexibility index (Phi) is 4.05. The maximum atomic E-state index is 4.20. The van der Waals surface area contributed by atoms with Gasteiger partial charge in [0.05, 0.1) is 0 Å². The predicted molar refractivity (Wildman–Crippen MR) is 69.1 cm³/mol. The topological polar surface area (TPSA) is 16.1 Å². The van der Waals surface area contributed by atoms with Crippen LogP contribution in [0.5, 0.6) is 0 Å². The molecule has 2 nitrogen and oxygen atoms in total. The minimum atomic E-state index is 0.683. The molecule has 0 bridgehead atoms. The number of pyridine rings is 1. The maximum Gasteiger partial charge on any atom is 0.0410 e. The molecule has 0 spiro atoms. The fourth-order valence-electron chi connectivity index (χ4n) is 1.77. The molecule has 1 unspecified atom stereocenters. The van der Waals surface area contributed by atoms with Gasteiger partial charge < -0.3 is 0 Å². The van der Waals surface area contributed by atoms with Gasteiger partial charge >= 0.3 is 0 Å². The molecule has 15 heavy (non-hydrogen) atoms. The second kappa shape index (κ2) is 5.32. The number of hydrogen-bond donors (Lipinski definition) is 0. The number of rotatable bonds is 2. The van der Waals surface area contributed by atoms with E-state index in [4.69, 9.17) is 0 Å². The molecule has 0 N–H and O–H groups in total. The highest BCUT2D eigenvalue weighted by molar-refractivity contribution is 9.10. The third kappa shape index (κ3) is 3.20. The van der Waals surface area contributed by atoms with Crippen molar-refractivity contribution in [3.05, 3.63) is 28.5 Å². The summed E-state index contributed by atoms with van der Waals surface area (Å²) in [4.78, 5) is 6.72. The predicted octanol–water partition coefficient (Wildman–Crippen LogP) is 2.78. The van der Waals surface area contributed by atoms with Gasteiger partial charge in [0, 0.05) is 47.5 Å². The van der Waals surface area contributed by atoms with Gasteiger partial charge in [-0.3, -0.25) is 9.88 Å². The molecule has 2 rings (SSSR count). The highest BCUT2D eigenvalue weighted by Crippen LogP contribution is 2.19. The van der Waals surface area contributed by atoms with Crippen LogP contribution < -0.4 is 0 Å². The standard InChI is InChI=1S/C11H15BrN2S/c1-9-8-15-3-2-14(9)7-10-4-11(12)6-13-5-10/h4-6,9H,2-3,7-8H2,1H3. The van der Waals surface area contributed by atoms with Crippen molar-refractivity contribution in [1.82, 2.24) is 9.88 Å². The van der Waals surface area contributed by atoms with Crippen LogP contribution in [0, 0.1) is 0 Å². The van der Waals surface area contributed by atoms with Crippen molar-refractivity contribution in [1.29, 1.82) is 0 Å². The number of thioether (sulfide) groups is 1. The lowest BCUT2D eigenvalue weighted by molar-refractivity contribution is 0.223. The monoisotopic (exact) mass is 286 g/mol. The van der Waals surface area contributed by atoms with Crippen LogP contribution >= 0.6 is 27.7 Å². The molecule has 0 aliphatic carbocycles. The summed E-state index contributed by atoms with van der Waals surface area (Å²) in [6, 6.07) is 2.84. The molecule has 1 saturated heterocycles. The van der Waals surface area contributed by atoms with E-state index in [1.807, 2.05) is 12.4 Å². The summed E-state index contributed by atoms with van der Waals surface area (Å²) in [5.41, 5.74) is 1.29. The Hall–Kier alpha value is -0.0600. The van der Waals surface area contributed by atoms with Crippen LogP contribution in [0.15, 0.2) is 22.9 Å². The smallest absolute Gasteiger partial charge is 0.0410 e. The molecule has 1 atom stereocenters. The third-order valence-corrected chi connectivity index (χ3v) is 4.28. The molecule has 1 aliphatic rings. The van der Waals surface area contributed by atoms with Gasteiger partial charge in [-0.1, -0.05) is 0 Å². The molecule has 0 saturated carbocycles. The molecule has 0 aromatic carbocycles. The van der Waals surface area contributed by atoms with Crippen molar-refractivity contribution in [2.45, 2.75) is 19.5 Å². The summed E-state index contributed by atoms with van der Waals surface area (Å²) < 4.78 is 1.07. The van der Waals surface area contributed by atoms with Gasteiger partial charge in [0.25, 0.3) is 0 Å². The summed E-state index contributed by atoms with van der Waals surface area (Å²) in [6.45, 7) is 4.52. The van der Waals surface area contributed by atoms with Crippen LogP contribution in [0.1, 0.15) is 12.5 Å². The van der Waals surface area contributed by atoms with E-state index in [2.05, 4.69) is 50.6 Å². The lowest BCUT2D eigenvalue weighted by Gasteiger charge is -2.32. The number of halogens is 1. The van der Waals surface area contributed by atoms with Gasteiger partial charge in [0.1, 0.15) is 0 Å². The van der Waals surface area contributed by atoms with Crippen LogP contribution in [-0.4, -0.2) is 34.0 Å². The van der Waals surface area contributed by atoms with Crippen LogP contribution in [0.2, 0.25) is 0 Å². The SMILES string of the molecule is CC1CSCCN1Cc1cncc(Br)c1. The molecule has 2 heterocycles. The van der Waals surface area contributed by atoms with Gasteiger partial charge in [-0.05, 0) is 34.5 Å². The number of hydrogen-bond acceptors (Lipinski definition) is 3. The first kappa shape index (κ1) is 11.4. The second-order valence-corrected chi connectivity index (χ2v) is 5.97. The third-order valence-electron chi connectivity index (χ3n) is 2.65. The lowest BCUT2D eigenvalue weighted by atomic mass is 10.2. The van der Waals surface area contributed by atoms with E-state index in [0.717, 1.165) is 11.0 Å². The van der Waals surface area contributed by atoms with E-state index < -0.39 is 0 Å². The quantitative estimate of drug-likeness (QED) is 0.832. The largest absolute Gasteiger partial charge is 0.295 e. The first-order chi connectivity index (χ1) is 7.25. The van der Waals surface area contributed by atoms with E-state index in [9.17, 15) is 0 Å². The zero-order valence-electron chi connectivity index (χ0n) is 8.82. The van der Waals surface area contributed by atoms with Gasteiger partial charge in [-0.2, -0.15) is 11.8 Å². The summed E-state index contributed by atoms with van der Waals surface area (Å²) in [7, 11) is 0. The summed E-state index contributed by atoms with van der Waals surface area (Å²) in [6.07, 6.45) is 3.79. The zero-order chi connectivity index (χ0) is 10.7. The van der Waals surface area contributed by atoms with E-state index in [-0.39, 0.29) is 0 Å². The van der Waals surface area contributed by atoms with Crippen molar-refractivity contribution < 1.29 is 0 Å². The molecule has 82 valence electrons. The fourth-order valence-corrected chi connectivity index (χ4v) is 3.27. The van der Waals surface area contributed by atoms with Gasteiger partial charge in [-0.15, -0.1) is 0 Å². The Bertz CT molecular complexity index is 332. The Labute approximate surface area is 104 Å². The van der Waals surface area contributed by atoms with E-state index >= 15 is 0 Å². The first-order valence-electron chi connectivity index (χ1n) is 5.17. The Morgan fingerprint density at radius 1 is 1.60 bits per heavy atom. The van der Waals surface area contributed by atoms with Crippen LogP contribution in [0.25, 0.3) is 0 Å². The van der Waals surface area contributed by atoms with Crippen molar-refractivity contribution in [3.63, 3.8) is 0 Å². The second-order valence-electron chi connectivity index (χ2n) is 3.91. The van der Waals surface area contributed by atoms with Crippen molar-refractivity contribution in [2.24, 2.45) is 0 Å². The molecular weight excluding hydrogens is 272 g/mol. The molecule has 1 aromatic rings. The molecular formula is C11H15BrN2S. The summed E-state index contributed by atoms with van der Waals surface area (Å²) in [5.74, 6) is 2.51. The highest BCUT2D eigenvalue weighted by Gasteiger charge is 2.18. The van der Waals surface area contributed by atoms with Gasteiger partial charge in [-0.25, -0.2) is 0 Å². The average Bonchev–Trinajstić information content (AvgIpc) is 2.22. The molecule has 0 radical (unpaired) electrons. The van der Waals surface area contributed by atoms with Crippen molar-refractivity contribution in [3.8, 4) is 0 Å². The highest BCUT2D eigenvalue weighted by atomic mass is 79.9. The molecule has 1 fully saturated rings. The zero-order valence-corrected chi connectivity index (χ0v) is 11.2. The maximum absolute atomic E-state index is 4.20. The first-order valence-corrected chi connectivity index (χ1v) is 7.11. The van der Waals surface area contributed by atoms with Crippen molar-refractivity contribution >= 4 is 27.7 Å². The van der Waals surface area contributed by atoms with E-state index in [1.165, 1.54) is 23.6 Å². The van der Waals surface area contributed by atoms with Crippen LogP contribution in [-0.2, 0) is 6.54 Å². The normalized spacial score (nSPS) is 22.9. The number of nitrogens with zero attached hydrogens (tertiary/aromatic N) is 2. The van der Waals surface area contributed by atoms with E-state index in [1.54, 1.807) is 0 Å². The van der Waals surface area contributed by atoms with Crippen LogP contribution in [0.3, 0.4) is 0 Å². The van der Waals surface area contributed by atoms with E-state index in [0.29, 0.717) is 6.04 Å². The fraction of sp³-hybridized carbons (Fsp3) is 0.545. The molecule has 0 amide bonds. The summed E-state index contributed by atoms with van der Waals surface area (Å²) in [5, 5.41) is 0. The number of aromatic nitrogens is 1. The minimum absolute atomic E-state index is 0.683. The Morgan fingerprint density at radius 3 is 3.20 bits per heavy atom. The molecule has 4 heteroatoms.